The van der Waals surface area contributed by atoms with Gasteiger partial charge in [0.25, 0.3) is 0 Å². The van der Waals surface area contributed by atoms with Crippen LogP contribution in [0, 0.1) is 6.92 Å². The summed E-state index contributed by atoms with van der Waals surface area (Å²) in [6, 6.07) is 4.38. The molecule has 1 aromatic rings. The zero-order valence-corrected chi connectivity index (χ0v) is 17.9. The van der Waals surface area contributed by atoms with E-state index in [4.69, 9.17) is 14.1 Å². The standard InChI is InChI=1S/C21H35N5O3/c1-4-20(27)26-9-8-17(15-26)24-21(22-5-2)23-14-18(19-7-6-16(3)29-19)25-10-12-28-13-11-25/h6-7,17-18H,4-5,8-15H2,1-3H3,(H2,22,23,24). The van der Waals surface area contributed by atoms with E-state index in [9.17, 15) is 4.79 Å². The van der Waals surface area contributed by atoms with Crippen molar-refractivity contribution in [3.05, 3.63) is 23.7 Å². The Bertz CT molecular complexity index is 684. The second-order valence-electron chi connectivity index (χ2n) is 7.66. The van der Waals surface area contributed by atoms with Crippen LogP contribution >= 0.6 is 0 Å². The van der Waals surface area contributed by atoms with Crippen molar-refractivity contribution in [1.82, 2.24) is 20.4 Å². The van der Waals surface area contributed by atoms with Crippen LogP contribution in [-0.4, -0.2) is 80.2 Å². The normalized spacial score (nSPS) is 22.0. The molecule has 0 aromatic carbocycles. The number of hydrogen-bond acceptors (Lipinski definition) is 5. The number of nitrogens with zero attached hydrogens (tertiary/aromatic N) is 3. The SMILES string of the molecule is CCNC(=NCC(c1ccc(C)o1)N1CCOCC1)NC1CCN(C(=O)CC)C1. The largest absolute Gasteiger partial charge is 0.465 e. The van der Waals surface area contributed by atoms with E-state index in [-0.39, 0.29) is 18.0 Å². The lowest BCUT2D eigenvalue weighted by atomic mass is 10.1. The highest BCUT2D eigenvalue weighted by Crippen LogP contribution is 2.24. The molecule has 2 saturated heterocycles. The number of guanidine groups is 1. The quantitative estimate of drug-likeness (QED) is 0.529. The first kappa shape index (κ1) is 21.6. The molecule has 3 rings (SSSR count). The average Bonchev–Trinajstić information content (AvgIpc) is 3.38. The molecule has 2 fully saturated rings. The molecule has 8 heteroatoms. The number of carbonyl (C=O) groups is 1. The number of hydrogen-bond donors (Lipinski definition) is 2. The van der Waals surface area contributed by atoms with Gasteiger partial charge in [-0.05, 0) is 32.4 Å². The molecule has 0 aliphatic carbocycles. The second-order valence-corrected chi connectivity index (χ2v) is 7.66. The van der Waals surface area contributed by atoms with Crippen LogP contribution < -0.4 is 10.6 Å². The van der Waals surface area contributed by atoms with E-state index in [1.807, 2.05) is 24.8 Å². The van der Waals surface area contributed by atoms with Crippen molar-refractivity contribution in [2.24, 2.45) is 4.99 Å². The molecule has 0 radical (unpaired) electrons. The molecule has 1 amide bonds. The van der Waals surface area contributed by atoms with Crippen LogP contribution in [0.2, 0.25) is 0 Å². The molecule has 29 heavy (non-hydrogen) atoms. The van der Waals surface area contributed by atoms with Crippen molar-refractivity contribution in [1.29, 1.82) is 0 Å². The Morgan fingerprint density at radius 2 is 2.07 bits per heavy atom. The van der Waals surface area contributed by atoms with E-state index in [1.54, 1.807) is 0 Å². The Morgan fingerprint density at radius 3 is 2.72 bits per heavy atom. The average molecular weight is 406 g/mol. The summed E-state index contributed by atoms with van der Waals surface area (Å²) in [6.07, 6.45) is 1.51. The number of furan rings is 1. The molecule has 1 aromatic heterocycles. The predicted octanol–water partition coefficient (Wildman–Crippen LogP) is 1.53. The first-order chi connectivity index (χ1) is 14.1. The number of amides is 1. The third-order valence-electron chi connectivity index (χ3n) is 5.53. The number of aliphatic imine (C=N–C) groups is 1. The molecule has 0 spiro atoms. The van der Waals surface area contributed by atoms with Gasteiger partial charge in [0.1, 0.15) is 11.5 Å². The predicted molar refractivity (Wildman–Crippen MR) is 113 cm³/mol. The molecule has 162 valence electrons. The fourth-order valence-corrected chi connectivity index (χ4v) is 3.93. The van der Waals surface area contributed by atoms with E-state index in [0.717, 1.165) is 69.8 Å². The van der Waals surface area contributed by atoms with Crippen molar-refractivity contribution in [3.63, 3.8) is 0 Å². The first-order valence-electron chi connectivity index (χ1n) is 10.8. The van der Waals surface area contributed by atoms with Crippen molar-refractivity contribution in [3.8, 4) is 0 Å². The highest BCUT2D eigenvalue weighted by Gasteiger charge is 2.27. The third-order valence-corrected chi connectivity index (χ3v) is 5.53. The number of carbonyl (C=O) groups excluding carboxylic acids is 1. The van der Waals surface area contributed by atoms with Crippen LogP contribution in [0.15, 0.2) is 21.5 Å². The van der Waals surface area contributed by atoms with E-state index < -0.39 is 0 Å². The summed E-state index contributed by atoms with van der Waals surface area (Å²) < 4.78 is 11.5. The minimum atomic E-state index is 0.0878. The molecule has 2 unspecified atom stereocenters. The van der Waals surface area contributed by atoms with E-state index >= 15 is 0 Å². The van der Waals surface area contributed by atoms with Gasteiger partial charge in [-0.2, -0.15) is 0 Å². The zero-order valence-electron chi connectivity index (χ0n) is 17.9. The van der Waals surface area contributed by atoms with Crippen LogP contribution in [0.25, 0.3) is 0 Å². The second kappa shape index (κ2) is 10.6. The molecule has 3 heterocycles. The van der Waals surface area contributed by atoms with Gasteiger partial charge in [-0.1, -0.05) is 6.92 Å². The van der Waals surface area contributed by atoms with Crippen LogP contribution in [-0.2, 0) is 9.53 Å². The summed E-state index contributed by atoms with van der Waals surface area (Å²) in [5, 5.41) is 6.86. The fraction of sp³-hybridized carbons (Fsp3) is 0.714. The van der Waals surface area contributed by atoms with Crippen LogP contribution in [0.4, 0.5) is 0 Å². The lowest BCUT2D eigenvalue weighted by molar-refractivity contribution is -0.129. The van der Waals surface area contributed by atoms with E-state index in [0.29, 0.717) is 13.0 Å². The van der Waals surface area contributed by atoms with Gasteiger partial charge in [-0.15, -0.1) is 0 Å². The van der Waals surface area contributed by atoms with Gasteiger partial charge in [0, 0.05) is 45.2 Å². The Labute approximate surface area is 173 Å². The molecule has 2 aliphatic heterocycles. The highest BCUT2D eigenvalue weighted by molar-refractivity contribution is 5.80. The van der Waals surface area contributed by atoms with Gasteiger partial charge in [0.05, 0.1) is 25.8 Å². The summed E-state index contributed by atoms with van der Waals surface area (Å²) in [7, 11) is 0. The van der Waals surface area contributed by atoms with Crippen LogP contribution in [0.1, 0.15) is 44.3 Å². The topological polar surface area (TPSA) is 82.3 Å². The van der Waals surface area contributed by atoms with Gasteiger partial charge in [-0.3, -0.25) is 14.7 Å². The first-order valence-corrected chi connectivity index (χ1v) is 10.8. The Morgan fingerprint density at radius 1 is 1.28 bits per heavy atom. The Kier molecular flexibility index (Phi) is 7.94. The van der Waals surface area contributed by atoms with Gasteiger partial charge < -0.3 is 24.7 Å². The highest BCUT2D eigenvalue weighted by atomic mass is 16.5. The van der Waals surface area contributed by atoms with Crippen molar-refractivity contribution >= 4 is 11.9 Å². The van der Waals surface area contributed by atoms with E-state index in [2.05, 4.69) is 28.5 Å². The van der Waals surface area contributed by atoms with Crippen LogP contribution in [0.3, 0.4) is 0 Å². The fourth-order valence-electron chi connectivity index (χ4n) is 3.93. The molecule has 0 bridgehead atoms. The Balaban J connectivity index is 1.66. The number of rotatable bonds is 7. The molecular formula is C21H35N5O3. The maximum atomic E-state index is 11.9. The number of morpholine rings is 1. The summed E-state index contributed by atoms with van der Waals surface area (Å²) in [6.45, 7) is 12.1. The van der Waals surface area contributed by atoms with Gasteiger partial charge >= 0.3 is 0 Å². The number of likely N-dealkylation sites (tertiary alicyclic amines) is 1. The molecular weight excluding hydrogens is 370 g/mol. The van der Waals surface area contributed by atoms with Gasteiger partial charge in [-0.25, -0.2) is 0 Å². The van der Waals surface area contributed by atoms with Crippen molar-refractivity contribution in [2.75, 3.05) is 52.5 Å². The van der Waals surface area contributed by atoms with Crippen molar-refractivity contribution in [2.45, 2.75) is 45.7 Å². The molecule has 2 atom stereocenters. The summed E-state index contributed by atoms with van der Waals surface area (Å²) >= 11 is 0. The minimum Gasteiger partial charge on any atom is -0.465 e. The summed E-state index contributed by atoms with van der Waals surface area (Å²) in [5.74, 6) is 2.88. The third kappa shape index (κ3) is 5.96. The molecule has 2 aliphatic rings. The lowest BCUT2D eigenvalue weighted by Crippen LogP contribution is -2.46. The van der Waals surface area contributed by atoms with Crippen molar-refractivity contribution < 1.29 is 13.9 Å². The molecule has 8 nitrogen and oxygen atoms in total. The number of aryl methyl sites for hydroxylation is 1. The smallest absolute Gasteiger partial charge is 0.222 e. The van der Waals surface area contributed by atoms with Gasteiger partial charge in [0.15, 0.2) is 5.96 Å². The zero-order chi connectivity index (χ0) is 20.6. The number of ether oxygens (including phenoxy) is 1. The minimum absolute atomic E-state index is 0.0878. The maximum absolute atomic E-state index is 11.9. The maximum Gasteiger partial charge on any atom is 0.222 e. The lowest BCUT2D eigenvalue weighted by Gasteiger charge is -2.32. The Hall–Kier alpha value is -2.06. The monoisotopic (exact) mass is 405 g/mol. The summed E-state index contributed by atoms with van der Waals surface area (Å²) in [4.78, 5) is 21.1. The van der Waals surface area contributed by atoms with E-state index in [1.165, 1.54) is 0 Å². The molecule has 0 saturated carbocycles. The molecule has 2 N–H and O–H groups in total. The number of nitrogens with one attached hydrogen (secondary N) is 2. The van der Waals surface area contributed by atoms with Crippen LogP contribution in [0.5, 0.6) is 0 Å². The van der Waals surface area contributed by atoms with Gasteiger partial charge in [0.2, 0.25) is 5.91 Å². The summed E-state index contributed by atoms with van der Waals surface area (Å²) in [5.41, 5.74) is 0.